The van der Waals surface area contributed by atoms with Gasteiger partial charge in [-0.1, -0.05) is 0 Å². The van der Waals surface area contributed by atoms with Crippen LogP contribution in [0.3, 0.4) is 0 Å². The Balaban J connectivity index is 2.13. The van der Waals surface area contributed by atoms with Crippen molar-refractivity contribution in [1.82, 2.24) is 9.97 Å². The second kappa shape index (κ2) is 4.47. The quantitative estimate of drug-likeness (QED) is 0.419. The van der Waals surface area contributed by atoms with Crippen LogP contribution >= 0.6 is 0 Å². The van der Waals surface area contributed by atoms with Gasteiger partial charge >= 0.3 is 0 Å². The maximum absolute atomic E-state index is 8.61. The Morgan fingerprint density at radius 3 is 3.06 bits per heavy atom. The number of aliphatic hydroxyl groups is 1. The molecular weight excluding hydrogens is 212 g/mol. The van der Waals surface area contributed by atoms with Gasteiger partial charge < -0.3 is 20.5 Å². The molecule has 0 amide bonds. The molecular formula is C8H14N6O2. The molecule has 0 aliphatic carbocycles. The Hall–Kier alpha value is -1.64. The zero-order valence-corrected chi connectivity index (χ0v) is 8.70. The minimum absolute atomic E-state index is 0.0149. The lowest BCUT2D eigenvalue weighted by atomic mass is 10.4. The van der Waals surface area contributed by atoms with Gasteiger partial charge in [-0.05, 0) is 0 Å². The van der Waals surface area contributed by atoms with Gasteiger partial charge in [-0.25, -0.2) is 15.8 Å². The Morgan fingerprint density at radius 2 is 2.31 bits per heavy atom. The molecule has 0 unspecified atom stereocenters. The van der Waals surface area contributed by atoms with Crippen LogP contribution in [0.25, 0.3) is 0 Å². The summed E-state index contributed by atoms with van der Waals surface area (Å²) in [6, 6.07) is 0. The van der Waals surface area contributed by atoms with E-state index in [1.54, 1.807) is 0 Å². The first-order valence-electron chi connectivity index (χ1n) is 4.80. The van der Waals surface area contributed by atoms with Crippen LogP contribution in [0.2, 0.25) is 0 Å². The van der Waals surface area contributed by atoms with Crippen molar-refractivity contribution in [3.63, 3.8) is 0 Å². The molecule has 1 aliphatic rings. The highest BCUT2D eigenvalue weighted by Crippen LogP contribution is 2.34. The van der Waals surface area contributed by atoms with Crippen molar-refractivity contribution < 1.29 is 9.84 Å². The summed E-state index contributed by atoms with van der Waals surface area (Å²) in [6.45, 7) is 0.997. The van der Waals surface area contributed by atoms with E-state index in [1.807, 2.05) is 4.90 Å². The van der Waals surface area contributed by atoms with Gasteiger partial charge in [0.1, 0.15) is 25.4 Å². The topological polar surface area (TPSA) is 114 Å². The van der Waals surface area contributed by atoms with E-state index in [2.05, 4.69) is 9.97 Å². The summed E-state index contributed by atoms with van der Waals surface area (Å²) in [4.78, 5) is 9.78. The molecule has 0 atom stereocenters. The first-order valence-corrected chi connectivity index (χ1v) is 4.80. The van der Waals surface area contributed by atoms with Gasteiger partial charge in [-0.3, -0.25) is 5.01 Å². The van der Waals surface area contributed by atoms with Crippen LogP contribution in [0.4, 0.5) is 17.3 Å². The fourth-order valence-electron chi connectivity index (χ4n) is 1.55. The highest BCUT2D eigenvalue weighted by atomic mass is 16.5. The number of rotatable bonds is 4. The van der Waals surface area contributed by atoms with Crippen molar-refractivity contribution in [1.29, 1.82) is 0 Å². The van der Waals surface area contributed by atoms with Gasteiger partial charge in [0.25, 0.3) is 0 Å². The molecule has 1 aromatic rings. The highest BCUT2D eigenvalue weighted by molar-refractivity contribution is 5.80. The molecule has 16 heavy (non-hydrogen) atoms. The molecule has 0 spiro atoms. The monoisotopic (exact) mass is 226 g/mol. The lowest BCUT2D eigenvalue weighted by Crippen LogP contribution is -2.37. The second-order valence-corrected chi connectivity index (χ2v) is 3.34. The van der Waals surface area contributed by atoms with E-state index in [9.17, 15) is 0 Å². The molecule has 8 heteroatoms. The number of nitrogen functional groups attached to an aromatic ring is 1. The molecule has 0 bridgehead atoms. The summed E-state index contributed by atoms with van der Waals surface area (Å²) in [6.07, 6.45) is 1.38. The number of hydrogen-bond acceptors (Lipinski definition) is 8. The Bertz CT molecular complexity index is 374. The number of nitrogens with two attached hydrogens (primary N) is 2. The van der Waals surface area contributed by atoms with Gasteiger partial charge in [-0.2, -0.15) is 0 Å². The van der Waals surface area contributed by atoms with Crippen molar-refractivity contribution in [3.8, 4) is 0 Å². The molecule has 88 valence electrons. The Labute approximate surface area is 92.4 Å². The minimum Gasteiger partial charge on any atom is -0.394 e. The van der Waals surface area contributed by atoms with Crippen LogP contribution in [0.1, 0.15) is 0 Å². The van der Waals surface area contributed by atoms with Crippen LogP contribution in [0.15, 0.2) is 6.33 Å². The van der Waals surface area contributed by atoms with E-state index in [0.29, 0.717) is 30.7 Å². The number of aromatic nitrogens is 2. The van der Waals surface area contributed by atoms with Gasteiger partial charge in [0.05, 0.1) is 13.2 Å². The van der Waals surface area contributed by atoms with Crippen molar-refractivity contribution in [3.05, 3.63) is 6.33 Å². The largest absolute Gasteiger partial charge is 0.394 e. The molecule has 1 aliphatic heterocycles. The fraction of sp³-hybridized carbons (Fsp3) is 0.500. The Kier molecular flexibility index (Phi) is 3.04. The average molecular weight is 226 g/mol. The molecule has 2 rings (SSSR count). The third-order valence-corrected chi connectivity index (χ3v) is 2.22. The van der Waals surface area contributed by atoms with Crippen molar-refractivity contribution in [2.75, 3.05) is 42.3 Å². The first kappa shape index (κ1) is 10.9. The SMILES string of the molecule is Nc1ncnc2c1N(N)CN2COCCO. The van der Waals surface area contributed by atoms with E-state index in [0.717, 1.165) is 0 Å². The molecule has 0 saturated carbocycles. The minimum atomic E-state index is -0.0149. The third kappa shape index (κ3) is 1.85. The zero-order valence-electron chi connectivity index (χ0n) is 8.70. The van der Waals surface area contributed by atoms with Gasteiger partial charge in [0.2, 0.25) is 0 Å². The number of hydrazine groups is 1. The fourth-order valence-corrected chi connectivity index (χ4v) is 1.55. The maximum atomic E-state index is 8.61. The predicted molar refractivity (Wildman–Crippen MR) is 58.4 cm³/mol. The summed E-state index contributed by atoms with van der Waals surface area (Å²) < 4.78 is 5.20. The lowest BCUT2D eigenvalue weighted by Gasteiger charge is -2.17. The van der Waals surface area contributed by atoms with Crippen molar-refractivity contribution in [2.24, 2.45) is 5.84 Å². The van der Waals surface area contributed by atoms with E-state index in [1.165, 1.54) is 11.3 Å². The van der Waals surface area contributed by atoms with Crippen molar-refractivity contribution >= 4 is 17.3 Å². The van der Waals surface area contributed by atoms with Gasteiger partial charge in [0.15, 0.2) is 11.6 Å². The smallest absolute Gasteiger partial charge is 0.162 e. The number of fused-ring (bicyclic) bond motifs is 1. The third-order valence-electron chi connectivity index (χ3n) is 2.22. The molecule has 5 N–H and O–H groups in total. The second-order valence-electron chi connectivity index (χ2n) is 3.34. The van der Waals surface area contributed by atoms with Crippen LogP contribution < -0.4 is 21.5 Å². The van der Waals surface area contributed by atoms with Gasteiger partial charge in [0, 0.05) is 0 Å². The molecule has 0 radical (unpaired) electrons. The molecule has 2 heterocycles. The zero-order chi connectivity index (χ0) is 11.5. The molecule has 1 aromatic heterocycles. The van der Waals surface area contributed by atoms with E-state index >= 15 is 0 Å². The standard InChI is InChI=1S/C8H14N6O2/c9-7-6-8(12-3-11-7)13(4-14(6)10)5-16-2-1-15/h3,15H,1-2,4-5,10H2,(H2,9,11,12). The number of nitrogens with zero attached hydrogens (tertiary/aromatic N) is 4. The summed E-state index contributed by atoms with van der Waals surface area (Å²) >= 11 is 0. The van der Waals surface area contributed by atoms with Crippen molar-refractivity contribution in [2.45, 2.75) is 0 Å². The number of anilines is 3. The summed E-state index contributed by atoms with van der Waals surface area (Å²) in [5.41, 5.74) is 6.31. The van der Waals surface area contributed by atoms with Gasteiger partial charge in [-0.15, -0.1) is 0 Å². The first-order chi connectivity index (χ1) is 7.74. The number of ether oxygens (including phenoxy) is 1. The van der Waals surface area contributed by atoms with E-state index in [4.69, 9.17) is 21.4 Å². The van der Waals surface area contributed by atoms with Crippen LogP contribution in [-0.2, 0) is 4.74 Å². The lowest BCUT2D eigenvalue weighted by molar-refractivity contribution is 0.0929. The van der Waals surface area contributed by atoms with Crippen LogP contribution in [0.5, 0.6) is 0 Å². The normalized spacial score (nSPS) is 14.4. The Morgan fingerprint density at radius 1 is 1.50 bits per heavy atom. The summed E-state index contributed by atoms with van der Waals surface area (Å²) in [5.74, 6) is 6.76. The maximum Gasteiger partial charge on any atom is 0.162 e. The molecule has 0 fully saturated rings. The molecule has 8 nitrogen and oxygen atoms in total. The molecule has 0 saturated heterocycles. The molecule has 0 aromatic carbocycles. The van der Waals surface area contributed by atoms with E-state index in [-0.39, 0.29) is 13.2 Å². The average Bonchev–Trinajstić information content (AvgIpc) is 2.58. The number of aliphatic hydroxyl groups excluding tert-OH is 1. The highest BCUT2D eigenvalue weighted by Gasteiger charge is 2.28. The van der Waals surface area contributed by atoms with Crippen LogP contribution in [0, 0.1) is 0 Å². The van der Waals surface area contributed by atoms with Crippen LogP contribution in [-0.4, -0.2) is 41.7 Å². The number of hydrogen-bond donors (Lipinski definition) is 3. The predicted octanol–water partition coefficient (Wildman–Crippen LogP) is -1.52. The summed E-state index contributed by atoms with van der Waals surface area (Å²) in [7, 11) is 0. The van der Waals surface area contributed by atoms with E-state index < -0.39 is 0 Å². The summed E-state index contributed by atoms with van der Waals surface area (Å²) in [5, 5.41) is 10.1.